The highest BCUT2D eigenvalue weighted by Gasteiger charge is 2.08. The number of carboxylic acids is 1. The molecule has 0 heterocycles. The minimum Gasteiger partial charge on any atom is -0.507 e. The van der Waals surface area contributed by atoms with Crippen LogP contribution in [0, 0.1) is 0 Å². The molecule has 0 unspecified atom stereocenters. The fourth-order valence-electron chi connectivity index (χ4n) is 1.16. The zero-order chi connectivity index (χ0) is 11.3. The second-order valence-electron chi connectivity index (χ2n) is 3.11. The van der Waals surface area contributed by atoms with Gasteiger partial charge in [-0.15, -0.1) is 0 Å². The van der Waals surface area contributed by atoms with Crippen LogP contribution >= 0.6 is 0 Å². The Morgan fingerprint density at radius 2 is 2.20 bits per heavy atom. The Bertz CT molecular complexity index is 353. The van der Waals surface area contributed by atoms with Gasteiger partial charge in [0.05, 0.1) is 0 Å². The van der Waals surface area contributed by atoms with Crippen molar-refractivity contribution < 1.29 is 15.0 Å². The minimum absolute atomic E-state index is 0.0978. The van der Waals surface area contributed by atoms with E-state index in [0.29, 0.717) is 18.8 Å². The molecule has 0 radical (unpaired) electrons. The summed E-state index contributed by atoms with van der Waals surface area (Å²) < 4.78 is 0. The molecule has 15 heavy (non-hydrogen) atoms. The molecular formula is C10H14N2O3. The molecule has 1 aromatic rings. The maximum Gasteiger partial charge on any atom is 0.339 e. The first kappa shape index (κ1) is 11.3. The topological polar surface area (TPSA) is 95.6 Å². The predicted octanol–water partition coefficient (Wildman–Crippen LogP) is 0.851. The lowest BCUT2D eigenvalue weighted by atomic mass is 10.2. The number of aromatic carboxylic acids is 1. The zero-order valence-corrected chi connectivity index (χ0v) is 8.23. The van der Waals surface area contributed by atoms with Crippen LogP contribution in [0.4, 0.5) is 5.69 Å². The Labute approximate surface area is 87.5 Å². The zero-order valence-electron chi connectivity index (χ0n) is 8.23. The largest absolute Gasteiger partial charge is 0.507 e. The third kappa shape index (κ3) is 3.14. The van der Waals surface area contributed by atoms with Gasteiger partial charge in [-0.1, -0.05) is 0 Å². The number of carboxylic acid groups (broad SMARTS) is 1. The molecule has 0 bridgehead atoms. The van der Waals surface area contributed by atoms with Crippen LogP contribution in [0.5, 0.6) is 5.75 Å². The lowest BCUT2D eigenvalue weighted by Gasteiger charge is -2.06. The second-order valence-corrected chi connectivity index (χ2v) is 3.11. The normalized spacial score (nSPS) is 9.93. The molecule has 0 aromatic heterocycles. The van der Waals surface area contributed by atoms with Crippen molar-refractivity contribution in [2.24, 2.45) is 5.73 Å². The molecular weight excluding hydrogens is 196 g/mol. The number of anilines is 1. The number of aromatic hydroxyl groups is 1. The first-order valence-corrected chi connectivity index (χ1v) is 4.65. The van der Waals surface area contributed by atoms with E-state index in [1.807, 2.05) is 0 Å². The first-order chi connectivity index (χ1) is 7.15. The van der Waals surface area contributed by atoms with Gasteiger partial charge in [0.25, 0.3) is 0 Å². The number of benzene rings is 1. The summed E-state index contributed by atoms with van der Waals surface area (Å²) in [5, 5.41) is 21.1. The van der Waals surface area contributed by atoms with Gasteiger partial charge in [0, 0.05) is 18.3 Å². The van der Waals surface area contributed by atoms with E-state index in [4.69, 9.17) is 10.8 Å². The number of phenols is 1. The van der Waals surface area contributed by atoms with Crippen LogP contribution < -0.4 is 11.1 Å². The third-order valence-corrected chi connectivity index (χ3v) is 1.94. The molecule has 0 saturated carbocycles. The van der Waals surface area contributed by atoms with E-state index < -0.39 is 5.97 Å². The molecule has 5 N–H and O–H groups in total. The number of rotatable bonds is 5. The Morgan fingerprint density at radius 3 is 2.73 bits per heavy atom. The molecule has 0 atom stereocenters. The van der Waals surface area contributed by atoms with Crippen molar-refractivity contribution in [3.63, 3.8) is 0 Å². The predicted molar refractivity (Wildman–Crippen MR) is 57.2 cm³/mol. The Morgan fingerprint density at radius 1 is 1.47 bits per heavy atom. The highest BCUT2D eigenvalue weighted by Crippen LogP contribution is 2.21. The van der Waals surface area contributed by atoms with Gasteiger partial charge in [-0.3, -0.25) is 0 Å². The molecule has 0 aliphatic carbocycles. The second kappa shape index (κ2) is 5.21. The van der Waals surface area contributed by atoms with Crippen LogP contribution in [0.2, 0.25) is 0 Å². The molecule has 0 fully saturated rings. The van der Waals surface area contributed by atoms with Gasteiger partial charge in [0.1, 0.15) is 11.3 Å². The van der Waals surface area contributed by atoms with Gasteiger partial charge in [-0.2, -0.15) is 0 Å². The smallest absolute Gasteiger partial charge is 0.339 e. The number of hydrogen-bond acceptors (Lipinski definition) is 4. The SMILES string of the molecule is NCCCNc1ccc(C(=O)O)c(O)c1. The summed E-state index contributed by atoms with van der Waals surface area (Å²) in [6, 6.07) is 4.36. The van der Waals surface area contributed by atoms with Crippen LogP contribution in [0.1, 0.15) is 16.8 Å². The third-order valence-electron chi connectivity index (χ3n) is 1.94. The maximum atomic E-state index is 10.6. The number of nitrogens with two attached hydrogens (primary N) is 1. The molecule has 5 heteroatoms. The van der Waals surface area contributed by atoms with Crippen LogP contribution in [0.25, 0.3) is 0 Å². The summed E-state index contributed by atoms with van der Waals surface area (Å²) in [7, 11) is 0. The van der Waals surface area contributed by atoms with Crippen molar-refractivity contribution in [1.29, 1.82) is 0 Å². The first-order valence-electron chi connectivity index (χ1n) is 4.65. The van der Waals surface area contributed by atoms with Crippen molar-refractivity contribution in [2.75, 3.05) is 18.4 Å². The molecule has 1 aromatic carbocycles. The van der Waals surface area contributed by atoms with Crippen LogP contribution in [0.15, 0.2) is 18.2 Å². The quantitative estimate of drug-likeness (QED) is 0.540. The van der Waals surface area contributed by atoms with Gasteiger partial charge in [-0.05, 0) is 25.1 Å². The van der Waals surface area contributed by atoms with E-state index in [-0.39, 0.29) is 11.3 Å². The average Bonchev–Trinajstić information content (AvgIpc) is 2.17. The van der Waals surface area contributed by atoms with E-state index in [9.17, 15) is 9.90 Å². The molecule has 0 aliphatic heterocycles. The molecule has 5 nitrogen and oxygen atoms in total. The summed E-state index contributed by atoms with van der Waals surface area (Å²) in [5.74, 6) is -1.37. The fourth-order valence-corrected chi connectivity index (χ4v) is 1.16. The van der Waals surface area contributed by atoms with Crippen molar-refractivity contribution in [2.45, 2.75) is 6.42 Å². The van der Waals surface area contributed by atoms with E-state index >= 15 is 0 Å². The van der Waals surface area contributed by atoms with E-state index in [1.54, 1.807) is 6.07 Å². The van der Waals surface area contributed by atoms with Crippen LogP contribution in [-0.2, 0) is 0 Å². The van der Waals surface area contributed by atoms with Crippen molar-refractivity contribution in [1.82, 2.24) is 0 Å². The van der Waals surface area contributed by atoms with Gasteiger partial charge in [-0.25, -0.2) is 4.79 Å². The monoisotopic (exact) mass is 210 g/mol. The van der Waals surface area contributed by atoms with Gasteiger partial charge in [0.15, 0.2) is 0 Å². The molecule has 0 amide bonds. The Balaban J connectivity index is 2.69. The lowest BCUT2D eigenvalue weighted by Crippen LogP contribution is -2.08. The molecule has 1 rings (SSSR count). The summed E-state index contributed by atoms with van der Waals surface area (Å²) in [6.45, 7) is 1.29. The Hall–Kier alpha value is -1.75. The van der Waals surface area contributed by atoms with E-state index in [1.165, 1.54) is 12.1 Å². The summed E-state index contributed by atoms with van der Waals surface area (Å²) in [4.78, 5) is 10.6. The van der Waals surface area contributed by atoms with Crippen LogP contribution in [0.3, 0.4) is 0 Å². The number of carbonyl (C=O) groups is 1. The fraction of sp³-hybridized carbons (Fsp3) is 0.300. The van der Waals surface area contributed by atoms with Gasteiger partial charge < -0.3 is 21.3 Å². The van der Waals surface area contributed by atoms with Crippen molar-refractivity contribution in [3.8, 4) is 5.75 Å². The molecule has 0 aliphatic rings. The van der Waals surface area contributed by atoms with Crippen molar-refractivity contribution >= 4 is 11.7 Å². The summed E-state index contributed by atoms with van der Waals surface area (Å²) in [6.07, 6.45) is 0.821. The lowest BCUT2D eigenvalue weighted by molar-refractivity contribution is 0.0694. The average molecular weight is 210 g/mol. The van der Waals surface area contributed by atoms with Gasteiger partial charge in [0.2, 0.25) is 0 Å². The molecule has 0 spiro atoms. The number of nitrogens with one attached hydrogen (secondary N) is 1. The Kier molecular flexibility index (Phi) is 3.93. The minimum atomic E-state index is -1.14. The maximum absolute atomic E-state index is 10.6. The highest BCUT2D eigenvalue weighted by molar-refractivity contribution is 5.91. The molecule has 82 valence electrons. The van der Waals surface area contributed by atoms with E-state index in [2.05, 4.69) is 5.32 Å². The van der Waals surface area contributed by atoms with Crippen LogP contribution in [-0.4, -0.2) is 29.3 Å². The number of hydrogen-bond donors (Lipinski definition) is 4. The standard InChI is InChI=1S/C10H14N2O3/c11-4-1-5-12-7-2-3-8(10(14)15)9(13)6-7/h2-3,6,12-13H,1,4-5,11H2,(H,14,15). The summed E-state index contributed by atoms with van der Waals surface area (Å²) in [5.41, 5.74) is 5.91. The highest BCUT2D eigenvalue weighted by atomic mass is 16.4. The van der Waals surface area contributed by atoms with Crippen molar-refractivity contribution in [3.05, 3.63) is 23.8 Å². The molecule has 0 saturated heterocycles. The van der Waals surface area contributed by atoms with Gasteiger partial charge >= 0.3 is 5.97 Å². The van der Waals surface area contributed by atoms with E-state index in [0.717, 1.165) is 6.42 Å². The summed E-state index contributed by atoms with van der Waals surface area (Å²) >= 11 is 0.